The molecule has 0 aliphatic carbocycles. The fourth-order valence-corrected chi connectivity index (χ4v) is 3.92. The zero-order chi connectivity index (χ0) is 21.7. The molecule has 0 aromatic heterocycles. The van der Waals surface area contributed by atoms with Crippen molar-refractivity contribution in [3.8, 4) is 0 Å². The summed E-state index contributed by atoms with van der Waals surface area (Å²) in [5.74, 6) is -1.20. The lowest BCUT2D eigenvalue weighted by atomic mass is 9.98. The first-order valence-electron chi connectivity index (χ1n) is 9.74. The predicted octanol–water partition coefficient (Wildman–Crippen LogP) is 5.26. The average molecular weight is 442 g/mol. The van der Waals surface area contributed by atoms with Gasteiger partial charge in [0, 0.05) is 13.1 Å². The van der Waals surface area contributed by atoms with E-state index >= 15 is 0 Å². The predicted molar refractivity (Wildman–Crippen MR) is 107 cm³/mol. The summed E-state index contributed by atoms with van der Waals surface area (Å²) in [7, 11) is 0. The van der Waals surface area contributed by atoms with Crippen molar-refractivity contribution in [3.63, 3.8) is 0 Å². The van der Waals surface area contributed by atoms with Crippen LogP contribution in [-0.2, 0) is 15.7 Å². The van der Waals surface area contributed by atoms with Crippen LogP contribution in [0.4, 0.5) is 13.2 Å². The molecular weight excluding hydrogens is 419 g/mol. The molecule has 8 heteroatoms. The smallest absolute Gasteiger partial charge is 0.417 e. The van der Waals surface area contributed by atoms with E-state index in [2.05, 4.69) is 0 Å². The van der Waals surface area contributed by atoms with Crippen LogP contribution >= 0.6 is 11.6 Å². The van der Waals surface area contributed by atoms with Gasteiger partial charge in [0.1, 0.15) is 6.10 Å². The Bertz CT molecular complexity index is 860. The van der Waals surface area contributed by atoms with Gasteiger partial charge in [-0.2, -0.15) is 13.2 Å². The van der Waals surface area contributed by atoms with Crippen LogP contribution in [0.3, 0.4) is 0 Å². The van der Waals surface area contributed by atoms with E-state index in [-0.39, 0.29) is 11.6 Å². The highest BCUT2D eigenvalue weighted by Crippen LogP contribution is 2.37. The first-order chi connectivity index (χ1) is 14.3. The second-order valence-corrected chi connectivity index (χ2v) is 7.78. The molecular formula is C22H23ClF3NO3. The number of rotatable bonds is 7. The molecule has 2 aromatic rings. The van der Waals surface area contributed by atoms with Crippen LogP contribution in [0.2, 0.25) is 5.02 Å². The molecule has 1 fully saturated rings. The van der Waals surface area contributed by atoms with E-state index < -0.39 is 29.7 Å². The Labute approximate surface area is 178 Å². The van der Waals surface area contributed by atoms with Crippen molar-refractivity contribution in [3.05, 3.63) is 70.2 Å². The highest BCUT2D eigenvalue weighted by molar-refractivity contribution is 6.31. The number of piperidine rings is 1. The van der Waals surface area contributed by atoms with Crippen molar-refractivity contribution in [1.82, 2.24) is 4.90 Å². The fraction of sp³-hybridized carbons (Fsp3) is 0.409. The highest BCUT2D eigenvalue weighted by atomic mass is 35.5. The van der Waals surface area contributed by atoms with E-state index in [0.29, 0.717) is 25.1 Å². The summed E-state index contributed by atoms with van der Waals surface area (Å²) in [6.07, 6.45) is -3.80. The number of halogens is 4. The first kappa shape index (κ1) is 22.6. The number of alkyl halides is 3. The summed E-state index contributed by atoms with van der Waals surface area (Å²) in [6.45, 7) is 2.00. The molecule has 1 aliphatic rings. The lowest BCUT2D eigenvalue weighted by molar-refractivity contribution is -0.143. The number of ether oxygens (including phenoxy) is 1. The van der Waals surface area contributed by atoms with Gasteiger partial charge in [0.25, 0.3) is 0 Å². The molecule has 1 aliphatic heterocycles. The van der Waals surface area contributed by atoms with E-state index in [4.69, 9.17) is 16.3 Å². The molecule has 30 heavy (non-hydrogen) atoms. The van der Waals surface area contributed by atoms with Crippen molar-refractivity contribution < 1.29 is 27.8 Å². The number of nitrogens with zero attached hydrogens (tertiary/aromatic N) is 1. The summed E-state index contributed by atoms with van der Waals surface area (Å²) >= 11 is 5.76. The monoisotopic (exact) mass is 441 g/mol. The van der Waals surface area contributed by atoms with Crippen LogP contribution in [0.5, 0.6) is 0 Å². The largest absolute Gasteiger partial charge is 0.481 e. The third-order valence-corrected chi connectivity index (χ3v) is 5.58. The molecule has 0 spiro atoms. The molecule has 1 N–H and O–H groups in total. The maximum absolute atomic E-state index is 13.3. The lowest BCUT2D eigenvalue weighted by Crippen LogP contribution is -2.40. The van der Waals surface area contributed by atoms with Crippen molar-refractivity contribution >= 4 is 17.6 Å². The Balaban J connectivity index is 1.75. The van der Waals surface area contributed by atoms with Crippen molar-refractivity contribution in [1.29, 1.82) is 0 Å². The summed E-state index contributed by atoms with van der Waals surface area (Å²) in [6, 6.07) is 12.8. The molecule has 162 valence electrons. The third kappa shape index (κ3) is 5.74. The Hall–Kier alpha value is -2.09. The van der Waals surface area contributed by atoms with Gasteiger partial charge in [0.2, 0.25) is 0 Å². The summed E-state index contributed by atoms with van der Waals surface area (Å²) in [5, 5.41) is 8.87. The zero-order valence-electron chi connectivity index (χ0n) is 16.2. The van der Waals surface area contributed by atoms with Gasteiger partial charge in [0.15, 0.2) is 0 Å². The minimum atomic E-state index is -4.56. The second kappa shape index (κ2) is 9.81. The van der Waals surface area contributed by atoms with Gasteiger partial charge in [-0.1, -0.05) is 48.0 Å². The second-order valence-electron chi connectivity index (χ2n) is 7.38. The maximum atomic E-state index is 13.3. The van der Waals surface area contributed by atoms with E-state index in [1.54, 1.807) is 24.3 Å². The van der Waals surface area contributed by atoms with Crippen LogP contribution in [0.25, 0.3) is 0 Å². The van der Waals surface area contributed by atoms with Gasteiger partial charge in [-0.05, 0) is 42.6 Å². The van der Waals surface area contributed by atoms with Crippen LogP contribution in [0, 0.1) is 5.92 Å². The molecule has 0 amide bonds. The van der Waals surface area contributed by atoms with Gasteiger partial charge in [0.05, 0.1) is 23.1 Å². The number of carboxylic acids is 1. The van der Waals surface area contributed by atoms with Gasteiger partial charge < -0.3 is 14.7 Å². The molecule has 3 rings (SSSR count). The van der Waals surface area contributed by atoms with Crippen LogP contribution in [-0.4, -0.2) is 42.2 Å². The molecule has 2 aromatic carbocycles. The number of benzene rings is 2. The quantitative estimate of drug-likeness (QED) is 0.636. The van der Waals surface area contributed by atoms with Gasteiger partial charge in [-0.15, -0.1) is 0 Å². The van der Waals surface area contributed by atoms with Gasteiger partial charge in [-0.3, -0.25) is 4.79 Å². The van der Waals surface area contributed by atoms with Crippen molar-refractivity contribution in [2.45, 2.75) is 25.1 Å². The van der Waals surface area contributed by atoms with Gasteiger partial charge >= 0.3 is 12.1 Å². The molecule has 0 saturated carbocycles. The van der Waals surface area contributed by atoms with Crippen LogP contribution in [0.15, 0.2) is 48.5 Å². The molecule has 1 saturated heterocycles. The van der Waals surface area contributed by atoms with E-state index in [0.717, 1.165) is 24.6 Å². The number of likely N-dealkylation sites (tertiary alicyclic amines) is 1. The maximum Gasteiger partial charge on any atom is 0.417 e. The third-order valence-electron chi connectivity index (χ3n) is 5.25. The standard InChI is InChI=1S/C22H23ClF3NO3/c23-19-9-8-16(13-18(19)22(24,25)26)20(15-5-2-1-3-6-15)30-12-11-27-10-4-7-17(14-27)21(28)29/h1-3,5-6,8-9,13,17,20H,4,7,10-12,14H2,(H,28,29)/t17-,20-/m0/s1. The molecule has 0 bridgehead atoms. The minimum absolute atomic E-state index is 0.260. The number of carbonyl (C=O) groups is 1. The van der Waals surface area contributed by atoms with E-state index in [1.807, 2.05) is 11.0 Å². The fourth-order valence-electron chi connectivity index (χ4n) is 3.70. The van der Waals surface area contributed by atoms with Crippen LogP contribution < -0.4 is 0 Å². The zero-order valence-corrected chi connectivity index (χ0v) is 17.0. The van der Waals surface area contributed by atoms with Gasteiger partial charge in [-0.25, -0.2) is 0 Å². The molecule has 1 heterocycles. The van der Waals surface area contributed by atoms with E-state index in [9.17, 15) is 23.1 Å². The number of hydrogen-bond acceptors (Lipinski definition) is 3. The van der Waals surface area contributed by atoms with E-state index in [1.165, 1.54) is 12.1 Å². The Kier molecular flexibility index (Phi) is 7.39. The SMILES string of the molecule is O=C(O)[C@H]1CCCN(CCO[C@@H](c2ccccc2)c2ccc(Cl)c(C(F)(F)F)c2)C1. The topological polar surface area (TPSA) is 49.8 Å². The Morgan fingerprint density at radius 2 is 1.93 bits per heavy atom. The molecule has 4 nitrogen and oxygen atoms in total. The number of hydrogen-bond donors (Lipinski definition) is 1. The normalized spacial score (nSPS) is 18.9. The van der Waals surface area contributed by atoms with Crippen molar-refractivity contribution in [2.75, 3.05) is 26.2 Å². The van der Waals surface area contributed by atoms with Crippen LogP contribution in [0.1, 0.15) is 35.6 Å². The molecule has 2 atom stereocenters. The summed E-state index contributed by atoms with van der Waals surface area (Å²) in [4.78, 5) is 13.3. The Morgan fingerprint density at radius 3 is 2.60 bits per heavy atom. The number of aliphatic carboxylic acids is 1. The van der Waals surface area contributed by atoms with Crippen molar-refractivity contribution in [2.24, 2.45) is 5.92 Å². The number of carboxylic acid groups (broad SMARTS) is 1. The highest BCUT2D eigenvalue weighted by Gasteiger charge is 2.34. The lowest BCUT2D eigenvalue weighted by Gasteiger charge is -2.31. The average Bonchev–Trinajstić information content (AvgIpc) is 2.72. The Morgan fingerprint density at radius 1 is 1.20 bits per heavy atom. The summed E-state index contributed by atoms with van der Waals surface area (Å²) < 4.78 is 46.0. The summed E-state index contributed by atoms with van der Waals surface area (Å²) in [5.41, 5.74) is 0.196. The minimum Gasteiger partial charge on any atom is -0.481 e. The molecule has 0 radical (unpaired) electrons. The molecule has 0 unspecified atom stereocenters. The first-order valence-corrected chi connectivity index (χ1v) is 10.1.